The van der Waals surface area contributed by atoms with E-state index in [0.717, 1.165) is 10.6 Å². The minimum atomic E-state index is -0.0122. The first kappa shape index (κ1) is 15.8. The number of aromatic nitrogens is 3. The average molecular weight is 344 g/mol. The van der Waals surface area contributed by atoms with E-state index in [-0.39, 0.29) is 5.91 Å². The molecule has 0 spiro atoms. The summed E-state index contributed by atoms with van der Waals surface area (Å²) in [6.45, 7) is 2.62. The minimum Gasteiger partial charge on any atom is -0.350 e. The van der Waals surface area contributed by atoms with Gasteiger partial charge in [-0.3, -0.25) is 9.36 Å². The van der Waals surface area contributed by atoms with Crippen LogP contribution >= 0.6 is 23.1 Å². The minimum absolute atomic E-state index is 0.0122. The highest BCUT2D eigenvalue weighted by Gasteiger charge is 2.10. The summed E-state index contributed by atoms with van der Waals surface area (Å²) in [5.74, 6) is 0.303. The van der Waals surface area contributed by atoms with Crippen LogP contribution in [0.25, 0.3) is 5.69 Å². The van der Waals surface area contributed by atoms with Crippen molar-refractivity contribution in [2.45, 2.75) is 18.6 Å². The molecule has 2 aromatic heterocycles. The van der Waals surface area contributed by atoms with Crippen LogP contribution in [-0.4, -0.2) is 26.4 Å². The number of carbonyl (C=O) groups is 1. The Balaban J connectivity index is 1.57. The molecule has 0 aliphatic heterocycles. The van der Waals surface area contributed by atoms with Gasteiger partial charge in [-0.25, -0.2) is 0 Å². The zero-order valence-electron chi connectivity index (χ0n) is 12.6. The summed E-state index contributed by atoms with van der Waals surface area (Å²) in [5.41, 5.74) is 2.19. The normalized spacial score (nSPS) is 10.7. The Morgan fingerprint density at radius 3 is 2.87 bits per heavy atom. The Kier molecular flexibility index (Phi) is 5.09. The van der Waals surface area contributed by atoms with Gasteiger partial charge < -0.3 is 5.32 Å². The van der Waals surface area contributed by atoms with Gasteiger partial charge in [0, 0.05) is 10.6 Å². The number of hydrogen-bond acceptors (Lipinski definition) is 5. The fraction of sp³-hybridized carbons (Fsp3) is 0.188. The van der Waals surface area contributed by atoms with E-state index in [9.17, 15) is 4.79 Å². The van der Waals surface area contributed by atoms with Crippen LogP contribution in [0.2, 0.25) is 0 Å². The Labute approximate surface area is 142 Å². The zero-order chi connectivity index (χ0) is 16.1. The van der Waals surface area contributed by atoms with Gasteiger partial charge in [-0.1, -0.05) is 35.5 Å². The second-order valence-corrected chi connectivity index (χ2v) is 6.94. The van der Waals surface area contributed by atoms with Gasteiger partial charge in [0.25, 0.3) is 0 Å². The number of hydrogen-bond donors (Lipinski definition) is 1. The molecule has 0 unspecified atom stereocenters. The molecule has 0 fully saturated rings. The predicted octanol–water partition coefficient (Wildman–Crippen LogP) is 3.05. The standard InChI is InChI=1S/C16H16N4OS2/c1-12-4-6-13(7-5-12)20-11-18-19-16(20)23-10-15(21)17-9-14-3-2-8-22-14/h2-8,11H,9-10H2,1H3,(H,17,21). The van der Waals surface area contributed by atoms with Crippen LogP contribution < -0.4 is 5.32 Å². The number of aryl methyl sites for hydroxylation is 1. The third-order valence-electron chi connectivity index (χ3n) is 3.20. The molecule has 0 bridgehead atoms. The van der Waals surface area contributed by atoms with E-state index < -0.39 is 0 Å². The fourth-order valence-corrected chi connectivity index (χ4v) is 3.39. The van der Waals surface area contributed by atoms with Gasteiger partial charge in [-0.05, 0) is 30.5 Å². The smallest absolute Gasteiger partial charge is 0.230 e. The molecule has 118 valence electrons. The van der Waals surface area contributed by atoms with E-state index in [1.54, 1.807) is 17.7 Å². The molecular weight excluding hydrogens is 328 g/mol. The third kappa shape index (κ3) is 4.20. The van der Waals surface area contributed by atoms with Crippen molar-refractivity contribution in [2.75, 3.05) is 5.75 Å². The van der Waals surface area contributed by atoms with Gasteiger partial charge in [0.2, 0.25) is 5.91 Å². The maximum atomic E-state index is 11.9. The van der Waals surface area contributed by atoms with Crippen LogP contribution in [0.1, 0.15) is 10.4 Å². The lowest BCUT2D eigenvalue weighted by Crippen LogP contribution is -2.24. The quantitative estimate of drug-likeness (QED) is 0.698. The number of benzene rings is 1. The van der Waals surface area contributed by atoms with E-state index in [4.69, 9.17) is 0 Å². The Hall–Kier alpha value is -2.12. The van der Waals surface area contributed by atoms with E-state index in [2.05, 4.69) is 15.5 Å². The monoisotopic (exact) mass is 344 g/mol. The van der Waals surface area contributed by atoms with Crippen LogP contribution in [0.4, 0.5) is 0 Å². The van der Waals surface area contributed by atoms with Crippen molar-refractivity contribution in [3.05, 3.63) is 58.5 Å². The molecule has 5 nitrogen and oxygen atoms in total. The summed E-state index contributed by atoms with van der Waals surface area (Å²) < 4.78 is 1.89. The molecule has 1 N–H and O–H groups in total. The summed E-state index contributed by atoms with van der Waals surface area (Å²) in [6.07, 6.45) is 1.66. The van der Waals surface area contributed by atoms with E-state index in [1.807, 2.05) is 53.3 Å². The number of rotatable bonds is 6. The predicted molar refractivity (Wildman–Crippen MR) is 93.0 cm³/mol. The molecule has 0 radical (unpaired) electrons. The number of amides is 1. The lowest BCUT2D eigenvalue weighted by atomic mass is 10.2. The maximum absolute atomic E-state index is 11.9. The number of carbonyl (C=O) groups excluding carboxylic acids is 1. The van der Waals surface area contributed by atoms with Crippen LogP contribution in [0, 0.1) is 6.92 Å². The highest BCUT2D eigenvalue weighted by molar-refractivity contribution is 7.99. The van der Waals surface area contributed by atoms with Gasteiger partial charge >= 0.3 is 0 Å². The van der Waals surface area contributed by atoms with Crippen molar-refractivity contribution in [1.29, 1.82) is 0 Å². The first-order chi connectivity index (χ1) is 11.2. The van der Waals surface area contributed by atoms with E-state index in [0.29, 0.717) is 17.5 Å². The molecule has 23 heavy (non-hydrogen) atoms. The van der Waals surface area contributed by atoms with Gasteiger partial charge in [-0.2, -0.15) is 0 Å². The molecule has 1 amide bonds. The lowest BCUT2D eigenvalue weighted by Gasteiger charge is -2.07. The average Bonchev–Trinajstić information content (AvgIpc) is 3.23. The number of thiophene rings is 1. The first-order valence-corrected chi connectivity index (χ1v) is 8.98. The van der Waals surface area contributed by atoms with Gasteiger partial charge in [0.15, 0.2) is 5.16 Å². The summed E-state index contributed by atoms with van der Waals surface area (Å²) >= 11 is 3.01. The van der Waals surface area contributed by atoms with E-state index >= 15 is 0 Å². The van der Waals surface area contributed by atoms with Gasteiger partial charge in [0.1, 0.15) is 6.33 Å². The molecule has 0 atom stereocenters. The van der Waals surface area contributed by atoms with Crippen LogP contribution in [0.3, 0.4) is 0 Å². The molecule has 3 rings (SSSR count). The van der Waals surface area contributed by atoms with Crippen molar-refractivity contribution in [3.63, 3.8) is 0 Å². The van der Waals surface area contributed by atoms with Crippen molar-refractivity contribution >= 4 is 29.0 Å². The number of nitrogens with zero attached hydrogens (tertiary/aromatic N) is 3. The second-order valence-electron chi connectivity index (χ2n) is 4.96. The highest BCUT2D eigenvalue weighted by Crippen LogP contribution is 2.19. The molecule has 3 aromatic rings. The molecule has 0 aliphatic rings. The third-order valence-corrected chi connectivity index (χ3v) is 5.02. The molecule has 7 heteroatoms. The van der Waals surface area contributed by atoms with Gasteiger partial charge in [-0.15, -0.1) is 21.5 Å². The molecule has 2 heterocycles. The lowest BCUT2D eigenvalue weighted by molar-refractivity contribution is -0.118. The zero-order valence-corrected chi connectivity index (χ0v) is 14.2. The van der Waals surface area contributed by atoms with E-state index in [1.165, 1.54) is 17.3 Å². The number of thioether (sulfide) groups is 1. The van der Waals surface area contributed by atoms with Crippen molar-refractivity contribution < 1.29 is 4.79 Å². The van der Waals surface area contributed by atoms with Crippen molar-refractivity contribution in [2.24, 2.45) is 0 Å². The van der Waals surface area contributed by atoms with Crippen molar-refractivity contribution in [3.8, 4) is 5.69 Å². The molecule has 0 saturated heterocycles. The van der Waals surface area contributed by atoms with Crippen LogP contribution in [0.5, 0.6) is 0 Å². The Morgan fingerprint density at radius 2 is 2.13 bits per heavy atom. The topological polar surface area (TPSA) is 59.8 Å². The maximum Gasteiger partial charge on any atom is 0.230 e. The summed E-state index contributed by atoms with van der Waals surface area (Å²) in [4.78, 5) is 13.1. The second kappa shape index (κ2) is 7.43. The van der Waals surface area contributed by atoms with Crippen molar-refractivity contribution in [1.82, 2.24) is 20.1 Å². The highest BCUT2D eigenvalue weighted by atomic mass is 32.2. The molecule has 0 saturated carbocycles. The van der Waals surface area contributed by atoms with Gasteiger partial charge in [0.05, 0.1) is 12.3 Å². The summed E-state index contributed by atoms with van der Waals surface area (Å²) in [5, 5.41) is 13.7. The molecule has 0 aliphatic carbocycles. The Bertz CT molecular complexity index is 766. The Morgan fingerprint density at radius 1 is 1.30 bits per heavy atom. The fourth-order valence-electron chi connectivity index (χ4n) is 1.99. The number of nitrogens with one attached hydrogen (secondary N) is 1. The SMILES string of the molecule is Cc1ccc(-n2cnnc2SCC(=O)NCc2cccs2)cc1. The summed E-state index contributed by atoms with van der Waals surface area (Å²) in [7, 11) is 0. The van der Waals surface area contributed by atoms with Crippen LogP contribution in [0.15, 0.2) is 53.3 Å². The summed E-state index contributed by atoms with van der Waals surface area (Å²) in [6, 6.07) is 12.1. The molecule has 1 aromatic carbocycles. The van der Waals surface area contributed by atoms with Crippen LogP contribution in [-0.2, 0) is 11.3 Å². The first-order valence-electron chi connectivity index (χ1n) is 7.11. The molecular formula is C16H16N4OS2. The largest absolute Gasteiger partial charge is 0.350 e.